The standard InChI is InChI=1S/C15H29N3.HI/c1-2-15(10-6-7-11-15)12-17-14(16)18-13-8-4-3-5-9-13;/h13H,2-12H2,1H3,(H3,16,17,18);1H. The van der Waals surface area contributed by atoms with Gasteiger partial charge in [0.05, 0.1) is 0 Å². The lowest BCUT2D eigenvalue weighted by Crippen LogP contribution is -2.41. The van der Waals surface area contributed by atoms with Gasteiger partial charge in [0.2, 0.25) is 0 Å². The second-order valence-corrected chi connectivity index (χ2v) is 6.24. The fourth-order valence-electron chi connectivity index (χ4n) is 3.50. The van der Waals surface area contributed by atoms with Gasteiger partial charge < -0.3 is 11.1 Å². The molecule has 2 saturated carbocycles. The van der Waals surface area contributed by atoms with Crippen LogP contribution in [0.1, 0.15) is 71.1 Å². The predicted octanol–water partition coefficient (Wildman–Crippen LogP) is 3.81. The zero-order valence-corrected chi connectivity index (χ0v) is 14.6. The molecule has 0 aromatic carbocycles. The normalized spacial score (nSPS) is 23.9. The zero-order chi connectivity index (χ0) is 12.8. The molecule has 0 aromatic heterocycles. The molecule has 2 fully saturated rings. The van der Waals surface area contributed by atoms with Crippen molar-refractivity contribution in [2.75, 3.05) is 6.54 Å². The molecule has 2 aliphatic carbocycles. The molecule has 3 N–H and O–H groups in total. The third-order valence-corrected chi connectivity index (χ3v) is 4.96. The molecule has 0 spiro atoms. The average Bonchev–Trinajstić information content (AvgIpc) is 2.87. The van der Waals surface area contributed by atoms with E-state index in [9.17, 15) is 0 Å². The Morgan fingerprint density at radius 2 is 1.79 bits per heavy atom. The van der Waals surface area contributed by atoms with Gasteiger partial charge in [-0.1, -0.05) is 39.0 Å². The Balaban J connectivity index is 0.00000180. The van der Waals surface area contributed by atoms with Gasteiger partial charge in [-0.25, -0.2) is 0 Å². The second-order valence-electron chi connectivity index (χ2n) is 6.24. The summed E-state index contributed by atoms with van der Waals surface area (Å²) in [5.41, 5.74) is 6.49. The highest BCUT2D eigenvalue weighted by Crippen LogP contribution is 2.41. The smallest absolute Gasteiger partial charge is 0.188 e. The number of hydrogen-bond donors (Lipinski definition) is 2. The molecular formula is C15H30IN3. The summed E-state index contributed by atoms with van der Waals surface area (Å²) >= 11 is 0. The highest BCUT2D eigenvalue weighted by molar-refractivity contribution is 14.0. The van der Waals surface area contributed by atoms with Crippen LogP contribution in [0.5, 0.6) is 0 Å². The van der Waals surface area contributed by atoms with Gasteiger partial charge in [0.15, 0.2) is 5.96 Å². The quantitative estimate of drug-likeness (QED) is 0.443. The van der Waals surface area contributed by atoms with Gasteiger partial charge in [-0.3, -0.25) is 4.99 Å². The molecule has 0 aliphatic heterocycles. The molecule has 0 aromatic rings. The van der Waals surface area contributed by atoms with E-state index in [-0.39, 0.29) is 24.0 Å². The Kier molecular flexibility index (Phi) is 7.47. The van der Waals surface area contributed by atoms with Crippen molar-refractivity contribution < 1.29 is 0 Å². The number of hydrogen-bond acceptors (Lipinski definition) is 1. The average molecular weight is 379 g/mol. The Bertz CT molecular complexity index is 279. The van der Waals surface area contributed by atoms with Crippen molar-refractivity contribution in [3.8, 4) is 0 Å². The molecule has 0 unspecified atom stereocenters. The first-order valence-electron chi connectivity index (χ1n) is 7.81. The summed E-state index contributed by atoms with van der Waals surface area (Å²) in [6.07, 6.45) is 13.2. The summed E-state index contributed by atoms with van der Waals surface area (Å²) in [6, 6.07) is 0.573. The first-order chi connectivity index (χ1) is 8.74. The topological polar surface area (TPSA) is 50.4 Å². The van der Waals surface area contributed by atoms with E-state index in [1.54, 1.807) is 0 Å². The maximum absolute atomic E-state index is 6.04. The Labute approximate surface area is 135 Å². The van der Waals surface area contributed by atoms with E-state index < -0.39 is 0 Å². The third kappa shape index (κ3) is 5.12. The molecule has 2 rings (SSSR count). The van der Waals surface area contributed by atoms with Crippen molar-refractivity contribution in [3.05, 3.63) is 0 Å². The Morgan fingerprint density at radius 3 is 2.37 bits per heavy atom. The number of halogens is 1. The summed E-state index contributed by atoms with van der Waals surface area (Å²) in [5.74, 6) is 0.682. The van der Waals surface area contributed by atoms with Crippen molar-refractivity contribution in [2.45, 2.75) is 77.2 Å². The van der Waals surface area contributed by atoms with Crippen LogP contribution in [0, 0.1) is 5.41 Å². The van der Waals surface area contributed by atoms with E-state index >= 15 is 0 Å². The van der Waals surface area contributed by atoms with Crippen molar-refractivity contribution in [1.29, 1.82) is 0 Å². The minimum atomic E-state index is 0. The molecule has 0 radical (unpaired) electrons. The minimum Gasteiger partial charge on any atom is -0.370 e. The van der Waals surface area contributed by atoms with Gasteiger partial charge >= 0.3 is 0 Å². The van der Waals surface area contributed by atoms with E-state index in [4.69, 9.17) is 5.73 Å². The summed E-state index contributed by atoms with van der Waals surface area (Å²) in [4.78, 5) is 4.63. The van der Waals surface area contributed by atoms with Crippen LogP contribution in [0.3, 0.4) is 0 Å². The number of guanidine groups is 1. The fourth-order valence-corrected chi connectivity index (χ4v) is 3.50. The fraction of sp³-hybridized carbons (Fsp3) is 0.933. The van der Waals surface area contributed by atoms with Crippen LogP contribution in [-0.2, 0) is 0 Å². The van der Waals surface area contributed by atoms with E-state index in [1.165, 1.54) is 64.2 Å². The summed E-state index contributed by atoms with van der Waals surface area (Å²) in [5, 5.41) is 3.41. The van der Waals surface area contributed by atoms with Crippen molar-refractivity contribution >= 4 is 29.9 Å². The van der Waals surface area contributed by atoms with Gasteiger partial charge in [-0.2, -0.15) is 0 Å². The Hall–Kier alpha value is 0. The van der Waals surface area contributed by atoms with E-state index in [0.29, 0.717) is 17.4 Å². The van der Waals surface area contributed by atoms with E-state index in [1.807, 2.05) is 0 Å². The van der Waals surface area contributed by atoms with Crippen LogP contribution in [-0.4, -0.2) is 18.5 Å². The van der Waals surface area contributed by atoms with Gasteiger partial charge in [0.25, 0.3) is 0 Å². The number of aliphatic imine (C=N–C) groups is 1. The highest BCUT2D eigenvalue weighted by atomic mass is 127. The van der Waals surface area contributed by atoms with Gasteiger partial charge in [0, 0.05) is 12.6 Å². The molecule has 3 nitrogen and oxygen atoms in total. The number of nitrogens with one attached hydrogen (secondary N) is 1. The van der Waals surface area contributed by atoms with Crippen LogP contribution in [0.4, 0.5) is 0 Å². The summed E-state index contributed by atoms with van der Waals surface area (Å²) < 4.78 is 0. The summed E-state index contributed by atoms with van der Waals surface area (Å²) in [6.45, 7) is 3.22. The van der Waals surface area contributed by atoms with Crippen molar-refractivity contribution in [3.63, 3.8) is 0 Å². The maximum atomic E-state index is 6.04. The molecule has 0 bridgehead atoms. The molecule has 4 heteroatoms. The molecule has 2 aliphatic rings. The van der Waals surface area contributed by atoms with Crippen molar-refractivity contribution in [2.24, 2.45) is 16.1 Å². The van der Waals surface area contributed by atoms with E-state index in [0.717, 1.165) is 6.54 Å². The molecule has 0 atom stereocenters. The highest BCUT2D eigenvalue weighted by Gasteiger charge is 2.31. The number of nitrogens with zero attached hydrogens (tertiary/aromatic N) is 1. The number of rotatable bonds is 4. The molecular weight excluding hydrogens is 349 g/mol. The molecule has 0 heterocycles. The lowest BCUT2D eigenvalue weighted by molar-refractivity contribution is 0.297. The SMILES string of the molecule is CCC1(CN=C(N)NC2CCCCC2)CCCC1.I. The molecule has 19 heavy (non-hydrogen) atoms. The summed E-state index contributed by atoms with van der Waals surface area (Å²) in [7, 11) is 0. The van der Waals surface area contributed by atoms with Crippen LogP contribution < -0.4 is 11.1 Å². The predicted molar refractivity (Wildman–Crippen MR) is 93.1 cm³/mol. The van der Waals surface area contributed by atoms with Crippen molar-refractivity contribution in [1.82, 2.24) is 5.32 Å². The monoisotopic (exact) mass is 379 g/mol. The van der Waals surface area contributed by atoms with Crippen LogP contribution in [0.2, 0.25) is 0 Å². The third-order valence-electron chi connectivity index (χ3n) is 4.96. The van der Waals surface area contributed by atoms with E-state index in [2.05, 4.69) is 17.2 Å². The largest absolute Gasteiger partial charge is 0.370 e. The van der Waals surface area contributed by atoms with Gasteiger partial charge in [0.1, 0.15) is 0 Å². The van der Waals surface area contributed by atoms with Crippen LogP contribution in [0.15, 0.2) is 4.99 Å². The molecule has 112 valence electrons. The molecule has 0 amide bonds. The first kappa shape index (κ1) is 17.1. The van der Waals surface area contributed by atoms with Gasteiger partial charge in [-0.05, 0) is 37.5 Å². The number of nitrogens with two attached hydrogens (primary N) is 1. The second kappa shape index (κ2) is 8.32. The maximum Gasteiger partial charge on any atom is 0.188 e. The lowest BCUT2D eigenvalue weighted by Gasteiger charge is -2.26. The van der Waals surface area contributed by atoms with Gasteiger partial charge in [-0.15, -0.1) is 24.0 Å². The van der Waals surface area contributed by atoms with Crippen LogP contribution in [0.25, 0.3) is 0 Å². The minimum absolute atomic E-state index is 0. The van der Waals surface area contributed by atoms with Crippen LogP contribution >= 0.6 is 24.0 Å². The molecule has 0 saturated heterocycles. The first-order valence-corrected chi connectivity index (χ1v) is 7.81. The Morgan fingerprint density at radius 1 is 1.16 bits per heavy atom. The zero-order valence-electron chi connectivity index (χ0n) is 12.3. The lowest BCUT2D eigenvalue weighted by atomic mass is 9.84.